The molecule has 0 saturated heterocycles. The maximum atomic E-state index is 14.8. The normalized spacial score (nSPS) is 16.7. The molecule has 0 aromatic heterocycles. The van der Waals surface area contributed by atoms with E-state index >= 15 is 0 Å². The van der Waals surface area contributed by atoms with E-state index in [2.05, 4.69) is 36.5 Å². The number of aliphatic carboxylic acids is 1. The minimum absolute atomic E-state index is 0.0214. The maximum Gasteiger partial charge on any atom is 0.303 e. The summed E-state index contributed by atoms with van der Waals surface area (Å²) in [4.78, 5) is 83.6. The largest absolute Gasteiger partial charge is 0.492 e. The van der Waals surface area contributed by atoms with Crippen molar-refractivity contribution < 1.29 is 43.3 Å². The fourth-order valence-electron chi connectivity index (χ4n) is 8.29. The highest BCUT2D eigenvalue weighted by Crippen LogP contribution is 2.41. The first-order chi connectivity index (χ1) is 31.8. The number of amides is 2. The Kier molecular flexibility index (Phi) is 19.2. The van der Waals surface area contributed by atoms with Crippen LogP contribution >= 0.6 is 0 Å². The van der Waals surface area contributed by atoms with Crippen LogP contribution in [0, 0.1) is 11.8 Å². The van der Waals surface area contributed by atoms with Crippen molar-refractivity contribution in [2.75, 3.05) is 39.9 Å². The zero-order valence-corrected chi connectivity index (χ0v) is 38.4. The number of Topliss-reactive ketones (excluding diaryl/α,β-unsaturated/α-hetero) is 3. The number of rotatable bonds is 22. The molecule has 1 heterocycles. The average Bonchev–Trinajstić information content (AvgIpc) is 3.32. The van der Waals surface area contributed by atoms with Crippen LogP contribution in [0.5, 0.6) is 11.5 Å². The van der Waals surface area contributed by atoms with Crippen molar-refractivity contribution in [2.24, 2.45) is 29.0 Å². The lowest BCUT2D eigenvalue weighted by molar-refractivity contribution is -0.142. The van der Waals surface area contributed by atoms with Crippen molar-refractivity contribution >= 4 is 35.1 Å². The predicted molar refractivity (Wildman–Crippen MR) is 254 cm³/mol. The Bertz CT molecular complexity index is 2310. The Balaban J connectivity index is 1.54. The summed E-state index contributed by atoms with van der Waals surface area (Å²) < 4.78 is 12.2. The molecular formula is C52H65N5O9. The van der Waals surface area contributed by atoms with Crippen molar-refractivity contribution in [3.05, 3.63) is 107 Å². The number of aryl methyl sites for hydroxylation is 1. The number of hydrogen-bond donors (Lipinski definition) is 5. The third-order valence-electron chi connectivity index (χ3n) is 12.0. The lowest BCUT2D eigenvalue weighted by atomic mass is 9.87. The standard InChI is InChI=1S/C52H65N5O9/c1-4-5-7-34-9-12-36(13-10-34)37-14-16-38(17-15-37)45(59)32-40(8-6-23-53)52(64)57(3)50-39-18-21-48(66-27-25-55)42(31-39)41-29-35(11-20-47(41)65-26-24-54)30-43(44(58)19-22-49(61)62)56-51(63)33(2)28-46(50)60/h9-18,20-21,29,31,33,40,43,50H,4-8,19,22-28,30,32,53-55H2,1-3H3,(H,56,63)(H,61,62)/t33-,40-,43+,50+/m1/s1. The van der Waals surface area contributed by atoms with Gasteiger partial charge in [-0.2, -0.15) is 0 Å². The van der Waals surface area contributed by atoms with Crippen molar-refractivity contribution in [3.8, 4) is 33.8 Å². The number of ether oxygens (including phenoxy) is 2. The second-order valence-electron chi connectivity index (χ2n) is 17.0. The van der Waals surface area contributed by atoms with Gasteiger partial charge < -0.3 is 42.0 Å². The number of benzene rings is 4. The van der Waals surface area contributed by atoms with E-state index < -0.39 is 59.7 Å². The van der Waals surface area contributed by atoms with E-state index in [4.69, 9.17) is 26.7 Å². The molecule has 8 N–H and O–H groups in total. The SMILES string of the molecule is CCCCc1ccc(-c2ccc(C(=O)C[C@@H](CCCN)C(=O)N(C)[C@@H]3C(=O)C[C@@H](C)C(=O)N[C@H](C(=O)CCC(=O)O)Cc4ccc(OCCN)c(c4)-c4cc3ccc4OCCN)cc2)cc1. The Morgan fingerprint density at radius 1 is 0.788 bits per heavy atom. The topological polar surface area (TPSA) is 234 Å². The number of hydrogen-bond acceptors (Lipinski definition) is 11. The van der Waals surface area contributed by atoms with Crippen molar-refractivity contribution in [3.63, 3.8) is 0 Å². The molecule has 352 valence electrons. The first-order valence-electron chi connectivity index (χ1n) is 23.0. The zero-order chi connectivity index (χ0) is 47.8. The van der Waals surface area contributed by atoms with Crippen LogP contribution in [0.15, 0.2) is 84.9 Å². The summed E-state index contributed by atoms with van der Waals surface area (Å²) >= 11 is 0. The number of carbonyl (C=O) groups is 6. The van der Waals surface area contributed by atoms with Crippen LogP contribution in [0.1, 0.15) is 98.3 Å². The fraction of sp³-hybridized carbons (Fsp3) is 0.423. The highest BCUT2D eigenvalue weighted by Gasteiger charge is 2.36. The maximum absolute atomic E-state index is 14.8. The number of carboxylic acids is 1. The molecule has 14 heteroatoms. The smallest absolute Gasteiger partial charge is 0.303 e. The van der Waals surface area contributed by atoms with Crippen molar-refractivity contribution in [1.82, 2.24) is 10.2 Å². The van der Waals surface area contributed by atoms with Gasteiger partial charge in [-0.05, 0) is 90.7 Å². The molecular weight excluding hydrogens is 839 g/mol. The number of nitrogens with two attached hydrogens (primary N) is 3. The lowest BCUT2D eigenvalue weighted by Crippen LogP contribution is -2.46. The molecule has 4 aromatic carbocycles. The molecule has 0 spiro atoms. The quantitative estimate of drug-likeness (QED) is 0.0552. The fourth-order valence-corrected chi connectivity index (χ4v) is 8.29. The number of fused-ring (bicyclic) bond motifs is 5. The average molecular weight is 904 g/mol. The van der Waals surface area contributed by atoms with Crippen molar-refractivity contribution in [2.45, 2.75) is 90.1 Å². The summed E-state index contributed by atoms with van der Waals surface area (Å²) in [6, 6.07) is 23.8. The summed E-state index contributed by atoms with van der Waals surface area (Å²) in [6.07, 6.45) is 2.84. The number of unbranched alkanes of at least 4 members (excludes halogenated alkanes) is 1. The number of ketones is 3. The van der Waals surface area contributed by atoms with E-state index in [9.17, 15) is 33.9 Å². The number of carboxylic acid groups (broad SMARTS) is 1. The van der Waals surface area contributed by atoms with Gasteiger partial charge in [0.05, 0.1) is 12.5 Å². The highest BCUT2D eigenvalue weighted by molar-refractivity contribution is 6.00. The zero-order valence-electron chi connectivity index (χ0n) is 38.4. The molecule has 0 radical (unpaired) electrons. The van der Waals surface area contributed by atoms with Crippen LogP contribution in [-0.4, -0.2) is 91.1 Å². The Hall–Kier alpha value is -6.22. The van der Waals surface area contributed by atoms with E-state index in [0.717, 1.165) is 30.4 Å². The molecule has 5 rings (SSSR count). The molecule has 1 aliphatic heterocycles. The second-order valence-corrected chi connectivity index (χ2v) is 17.0. The van der Waals surface area contributed by atoms with Crippen molar-refractivity contribution in [1.29, 1.82) is 0 Å². The van der Waals surface area contributed by atoms with Gasteiger partial charge in [-0.15, -0.1) is 0 Å². The summed E-state index contributed by atoms with van der Waals surface area (Å²) in [5.41, 5.74) is 23.4. The molecule has 0 fully saturated rings. The number of nitrogens with one attached hydrogen (secondary N) is 1. The number of likely N-dealkylation sites (N-methyl/N-ethyl adjacent to an activating group) is 1. The van der Waals surface area contributed by atoms with Gasteiger partial charge in [0, 0.05) is 67.9 Å². The third-order valence-corrected chi connectivity index (χ3v) is 12.0. The molecule has 4 bridgehead atoms. The first kappa shape index (κ1) is 50.8. The van der Waals surface area contributed by atoms with Crippen LogP contribution in [0.3, 0.4) is 0 Å². The molecule has 0 unspecified atom stereocenters. The van der Waals surface area contributed by atoms with E-state index in [1.165, 1.54) is 17.5 Å². The van der Waals surface area contributed by atoms with Gasteiger partial charge >= 0.3 is 5.97 Å². The van der Waals surface area contributed by atoms with Gasteiger partial charge in [-0.1, -0.05) is 80.9 Å². The van der Waals surface area contributed by atoms with E-state index in [1.807, 2.05) is 12.1 Å². The molecule has 2 amide bonds. The van der Waals surface area contributed by atoms with E-state index in [1.54, 1.807) is 55.5 Å². The van der Waals surface area contributed by atoms with Gasteiger partial charge in [0.2, 0.25) is 11.8 Å². The van der Waals surface area contributed by atoms with Gasteiger partial charge in [0.15, 0.2) is 17.3 Å². The molecule has 4 atom stereocenters. The number of carbonyl (C=O) groups excluding carboxylic acids is 5. The van der Waals surface area contributed by atoms with Gasteiger partial charge in [0.25, 0.3) is 0 Å². The Morgan fingerprint density at radius 2 is 1.41 bits per heavy atom. The Labute approximate surface area is 387 Å². The summed E-state index contributed by atoms with van der Waals surface area (Å²) in [5.74, 6) is -4.34. The predicted octanol–water partition coefficient (Wildman–Crippen LogP) is 6.24. The molecule has 66 heavy (non-hydrogen) atoms. The summed E-state index contributed by atoms with van der Waals surface area (Å²) in [6.45, 7) is 4.73. The summed E-state index contributed by atoms with van der Waals surface area (Å²) in [7, 11) is 1.52. The molecule has 4 aromatic rings. The molecule has 1 aliphatic rings. The molecule has 14 nitrogen and oxygen atoms in total. The van der Waals surface area contributed by atoms with E-state index in [-0.39, 0.29) is 70.7 Å². The van der Waals surface area contributed by atoms with Crippen LogP contribution in [0.4, 0.5) is 0 Å². The minimum Gasteiger partial charge on any atom is -0.492 e. The van der Waals surface area contributed by atoms with Gasteiger partial charge in [-0.25, -0.2) is 0 Å². The van der Waals surface area contributed by atoms with Crippen LogP contribution < -0.4 is 32.0 Å². The van der Waals surface area contributed by atoms with Crippen LogP contribution in [-0.2, 0) is 36.8 Å². The lowest BCUT2D eigenvalue weighted by Gasteiger charge is -2.32. The minimum atomic E-state index is -1.23. The first-order valence-corrected chi connectivity index (χ1v) is 23.0. The third kappa shape index (κ3) is 13.7. The second kappa shape index (κ2) is 24.9. The molecule has 0 aliphatic carbocycles. The monoisotopic (exact) mass is 903 g/mol. The van der Waals surface area contributed by atoms with Gasteiger partial charge in [-0.3, -0.25) is 28.8 Å². The van der Waals surface area contributed by atoms with Gasteiger partial charge in [0.1, 0.15) is 30.8 Å². The van der Waals surface area contributed by atoms with Crippen LogP contribution in [0.25, 0.3) is 22.3 Å². The summed E-state index contributed by atoms with van der Waals surface area (Å²) in [5, 5.41) is 12.1. The Morgan fingerprint density at radius 3 is 2.02 bits per heavy atom. The highest BCUT2D eigenvalue weighted by atomic mass is 16.5. The van der Waals surface area contributed by atoms with Crippen LogP contribution in [0.2, 0.25) is 0 Å². The molecule has 0 saturated carbocycles. The number of nitrogens with zero attached hydrogens (tertiary/aromatic N) is 1. The van der Waals surface area contributed by atoms with E-state index in [0.29, 0.717) is 45.7 Å².